The van der Waals surface area contributed by atoms with Gasteiger partial charge in [0.05, 0.1) is 12.3 Å². The topological polar surface area (TPSA) is 59.0 Å². The molecule has 5 heteroatoms. The van der Waals surface area contributed by atoms with E-state index in [1.54, 1.807) is 24.3 Å². The zero-order chi connectivity index (χ0) is 14.1. The predicted octanol–water partition coefficient (Wildman–Crippen LogP) is 1.57. The smallest absolute Gasteiger partial charge is 0.250 e. The second kappa shape index (κ2) is 8.63. The van der Waals surface area contributed by atoms with Crippen molar-refractivity contribution < 1.29 is 19.5 Å². The number of hydrogen-bond donors (Lipinski definition) is 1. The van der Waals surface area contributed by atoms with Gasteiger partial charge in [-0.25, -0.2) is 0 Å². The van der Waals surface area contributed by atoms with Gasteiger partial charge in [-0.3, -0.25) is 9.63 Å². The molecule has 1 radical (unpaired) electrons. The first-order valence-electron chi connectivity index (χ1n) is 6.25. The van der Waals surface area contributed by atoms with E-state index in [4.69, 9.17) is 9.57 Å². The van der Waals surface area contributed by atoms with Gasteiger partial charge in [-0.1, -0.05) is 18.2 Å². The minimum Gasteiger partial charge on any atom is -0.388 e. The van der Waals surface area contributed by atoms with E-state index >= 15 is 0 Å². The van der Waals surface area contributed by atoms with Gasteiger partial charge in [0.25, 0.3) is 5.91 Å². The Kier molecular flexibility index (Phi) is 7.10. The monoisotopic (exact) mass is 266 g/mol. The molecule has 0 aliphatic carbocycles. The zero-order valence-electron chi connectivity index (χ0n) is 11.1. The summed E-state index contributed by atoms with van der Waals surface area (Å²) in [6.45, 7) is 6.08. The quantitative estimate of drug-likeness (QED) is 0.726. The van der Waals surface area contributed by atoms with Crippen molar-refractivity contribution in [2.75, 3.05) is 24.9 Å². The Labute approximate surface area is 113 Å². The Bertz CT molecular complexity index is 369. The van der Waals surface area contributed by atoms with Crippen molar-refractivity contribution in [1.82, 2.24) is 0 Å². The summed E-state index contributed by atoms with van der Waals surface area (Å²) in [4.78, 5) is 17.1. The second-order valence-electron chi connectivity index (χ2n) is 3.88. The molecular formula is C14H20NO4. The van der Waals surface area contributed by atoms with Crippen molar-refractivity contribution in [2.45, 2.75) is 19.4 Å². The average molecular weight is 266 g/mol. The van der Waals surface area contributed by atoms with Gasteiger partial charge < -0.3 is 9.84 Å². The molecule has 1 aromatic carbocycles. The minimum atomic E-state index is -0.774. The summed E-state index contributed by atoms with van der Waals surface area (Å²) >= 11 is 0. The molecule has 0 bridgehead atoms. The fourth-order valence-corrected chi connectivity index (χ4v) is 1.42. The van der Waals surface area contributed by atoms with Gasteiger partial charge in [-0.15, -0.1) is 0 Å². The third-order valence-electron chi connectivity index (χ3n) is 2.34. The number of anilines is 1. The van der Waals surface area contributed by atoms with Crippen LogP contribution < -0.4 is 5.06 Å². The molecule has 5 nitrogen and oxygen atoms in total. The summed E-state index contributed by atoms with van der Waals surface area (Å²) in [5.74, 6) is -0.269. The van der Waals surface area contributed by atoms with Gasteiger partial charge in [0.1, 0.15) is 12.7 Å². The molecule has 0 saturated carbocycles. The molecule has 0 aliphatic heterocycles. The first-order valence-corrected chi connectivity index (χ1v) is 6.25. The predicted molar refractivity (Wildman–Crippen MR) is 72.4 cm³/mol. The van der Waals surface area contributed by atoms with Gasteiger partial charge in [-0.05, 0) is 26.0 Å². The van der Waals surface area contributed by atoms with Crippen molar-refractivity contribution in [3.8, 4) is 0 Å². The number of hydrogen-bond acceptors (Lipinski definition) is 4. The van der Waals surface area contributed by atoms with E-state index in [0.717, 1.165) is 5.06 Å². The van der Waals surface area contributed by atoms with Crippen LogP contribution in [0.15, 0.2) is 30.3 Å². The van der Waals surface area contributed by atoms with Crippen LogP contribution in [0.3, 0.4) is 0 Å². The number of rotatable bonds is 8. The molecule has 0 fully saturated rings. The number of carbonyl (C=O) groups excluding carboxylic acids is 1. The Morgan fingerprint density at radius 2 is 2.05 bits per heavy atom. The number of aliphatic hydroxyl groups is 1. The normalized spacial score (nSPS) is 12.2. The third-order valence-corrected chi connectivity index (χ3v) is 2.34. The molecule has 0 spiro atoms. The Balaban J connectivity index is 2.59. The van der Waals surface area contributed by atoms with Crippen LogP contribution in [0, 0.1) is 6.92 Å². The minimum absolute atomic E-state index is 0.0133. The van der Waals surface area contributed by atoms with E-state index in [-0.39, 0.29) is 25.5 Å². The molecule has 1 rings (SSSR count). The van der Waals surface area contributed by atoms with E-state index < -0.39 is 6.10 Å². The second-order valence-corrected chi connectivity index (χ2v) is 3.88. The highest BCUT2D eigenvalue weighted by molar-refractivity contribution is 5.91. The maximum absolute atomic E-state index is 11.8. The van der Waals surface area contributed by atoms with Crippen LogP contribution in [0.25, 0.3) is 0 Å². The number of ether oxygens (including phenoxy) is 1. The lowest BCUT2D eigenvalue weighted by atomic mass is 10.3. The molecule has 0 aromatic heterocycles. The molecule has 19 heavy (non-hydrogen) atoms. The lowest BCUT2D eigenvalue weighted by Crippen LogP contribution is -2.34. The number of carbonyl (C=O) groups is 1. The lowest BCUT2D eigenvalue weighted by Gasteiger charge is -2.22. The molecule has 0 saturated heterocycles. The van der Waals surface area contributed by atoms with Gasteiger partial charge >= 0.3 is 0 Å². The van der Waals surface area contributed by atoms with E-state index in [2.05, 4.69) is 6.92 Å². The Morgan fingerprint density at radius 3 is 2.63 bits per heavy atom. The maximum atomic E-state index is 11.8. The standard InChI is InChI=1S/C14H20NO4/c1-3-14(17)15(12-8-6-5-7-9-12)19-11-13(16)10-18-4-2/h5-9,13,16H,1,3-4,10-11H2,2H3. The lowest BCUT2D eigenvalue weighted by molar-refractivity contribution is -0.127. The molecular weight excluding hydrogens is 246 g/mol. The highest BCUT2D eigenvalue weighted by atomic mass is 16.7. The zero-order valence-corrected chi connectivity index (χ0v) is 11.1. The summed E-state index contributed by atoms with van der Waals surface area (Å²) in [6.07, 6.45) is -0.694. The van der Waals surface area contributed by atoms with Crippen LogP contribution in [0.4, 0.5) is 5.69 Å². The third kappa shape index (κ3) is 5.38. The Hall–Kier alpha value is -1.43. The van der Waals surface area contributed by atoms with Crippen LogP contribution >= 0.6 is 0 Å². The summed E-state index contributed by atoms with van der Waals surface area (Å²) in [5, 5.41) is 10.8. The number of benzene rings is 1. The van der Waals surface area contributed by atoms with Crippen molar-refractivity contribution >= 4 is 11.6 Å². The fraction of sp³-hybridized carbons (Fsp3) is 0.429. The van der Waals surface area contributed by atoms with Crippen LogP contribution in [0.1, 0.15) is 13.3 Å². The summed E-state index contributed by atoms with van der Waals surface area (Å²) in [6, 6.07) is 8.96. The molecule has 1 aromatic rings. The van der Waals surface area contributed by atoms with Crippen LogP contribution in [0.5, 0.6) is 0 Å². The number of aliphatic hydroxyl groups excluding tert-OH is 1. The largest absolute Gasteiger partial charge is 0.388 e. The van der Waals surface area contributed by atoms with Crippen LogP contribution in [0.2, 0.25) is 0 Å². The first-order chi connectivity index (χ1) is 9.19. The Morgan fingerprint density at radius 1 is 1.37 bits per heavy atom. The van der Waals surface area contributed by atoms with Gasteiger partial charge in [0.2, 0.25) is 0 Å². The molecule has 0 aliphatic rings. The number of hydroxylamine groups is 1. The highest BCUT2D eigenvalue weighted by Gasteiger charge is 2.16. The maximum Gasteiger partial charge on any atom is 0.250 e. The fourth-order valence-electron chi connectivity index (χ4n) is 1.42. The van der Waals surface area contributed by atoms with Gasteiger partial charge in [0.15, 0.2) is 0 Å². The summed E-state index contributed by atoms with van der Waals surface area (Å²) in [5.41, 5.74) is 0.611. The van der Waals surface area contributed by atoms with Crippen LogP contribution in [-0.2, 0) is 14.4 Å². The number of para-hydroxylation sites is 1. The molecule has 0 heterocycles. The highest BCUT2D eigenvalue weighted by Crippen LogP contribution is 2.15. The van der Waals surface area contributed by atoms with Crippen molar-refractivity contribution in [3.05, 3.63) is 37.3 Å². The van der Waals surface area contributed by atoms with E-state index in [1.807, 2.05) is 13.0 Å². The molecule has 1 unspecified atom stereocenters. The first kappa shape index (κ1) is 15.6. The molecule has 105 valence electrons. The van der Waals surface area contributed by atoms with E-state index in [0.29, 0.717) is 12.3 Å². The molecule has 1 N–H and O–H groups in total. The van der Waals surface area contributed by atoms with Gasteiger partial charge in [0, 0.05) is 13.0 Å². The molecule has 1 amide bonds. The van der Waals surface area contributed by atoms with Crippen molar-refractivity contribution in [3.63, 3.8) is 0 Å². The van der Waals surface area contributed by atoms with Crippen molar-refractivity contribution in [2.24, 2.45) is 0 Å². The van der Waals surface area contributed by atoms with Crippen molar-refractivity contribution in [1.29, 1.82) is 0 Å². The van der Waals surface area contributed by atoms with Crippen LogP contribution in [-0.4, -0.2) is 36.9 Å². The number of nitrogens with zero attached hydrogens (tertiary/aromatic N) is 1. The summed E-state index contributed by atoms with van der Waals surface area (Å²) in [7, 11) is 0. The van der Waals surface area contributed by atoms with E-state index in [1.165, 1.54) is 0 Å². The number of amides is 1. The summed E-state index contributed by atoms with van der Waals surface area (Å²) < 4.78 is 5.07. The SMILES string of the molecule is [CH2]CC(=O)N(OCC(O)COCC)c1ccccc1. The van der Waals surface area contributed by atoms with Gasteiger partial charge in [-0.2, -0.15) is 5.06 Å². The average Bonchev–Trinajstić information content (AvgIpc) is 2.46. The molecule has 1 atom stereocenters. The van der Waals surface area contributed by atoms with E-state index in [9.17, 15) is 9.90 Å².